The smallest absolute Gasteiger partial charge is 0.359 e. The van der Waals surface area contributed by atoms with E-state index in [9.17, 15) is 13.2 Å². The monoisotopic (exact) mass is 457 g/mol. The van der Waals surface area contributed by atoms with E-state index in [4.69, 9.17) is 17.3 Å². The first-order chi connectivity index (χ1) is 14.8. The number of esters is 1. The normalized spacial score (nSPS) is 11.4. The predicted molar refractivity (Wildman–Crippen MR) is 117 cm³/mol. The van der Waals surface area contributed by atoms with Gasteiger partial charge in [0, 0.05) is 17.3 Å². The van der Waals surface area contributed by atoms with Gasteiger partial charge in [-0.25, -0.2) is 22.2 Å². The van der Waals surface area contributed by atoms with Gasteiger partial charge in [-0.1, -0.05) is 24.3 Å². The lowest BCUT2D eigenvalue weighted by molar-refractivity contribution is 0.0595. The number of nitrogens with two attached hydrogens (primary N) is 1. The summed E-state index contributed by atoms with van der Waals surface area (Å²) in [5.74, 6) is -0.672. The van der Waals surface area contributed by atoms with Crippen LogP contribution >= 0.6 is 11.6 Å². The summed E-state index contributed by atoms with van der Waals surface area (Å²) in [6.07, 6.45) is 1.47. The molecule has 2 aromatic carbocycles. The molecule has 0 amide bonds. The van der Waals surface area contributed by atoms with E-state index in [1.54, 1.807) is 42.5 Å². The van der Waals surface area contributed by atoms with Crippen LogP contribution in [0.4, 0.5) is 17.2 Å². The lowest BCUT2D eigenvalue weighted by Crippen LogP contribution is -2.12. The van der Waals surface area contributed by atoms with Crippen molar-refractivity contribution in [3.05, 3.63) is 71.8 Å². The average molecular weight is 458 g/mol. The summed E-state index contributed by atoms with van der Waals surface area (Å²) < 4.78 is 32.0. The Bertz CT molecular complexity index is 1400. The van der Waals surface area contributed by atoms with Gasteiger partial charge in [-0.3, -0.25) is 0 Å². The summed E-state index contributed by atoms with van der Waals surface area (Å²) in [4.78, 5) is 19.9. The molecule has 2 heterocycles. The van der Waals surface area contributed by atoms with Gasteiger partial charge in [-0.2, -0.15) is 4.98 Å². The fraction of sp³-hybridized carbons (Fsp3) is 0.0500. The maximum Gasteiger partial charge on any atom is 0.359 e. The van der Waals surface area contributed by atoms with E-state index in [1.807, 2.05) is 0 Å². The minimum atomic E-state index is -3.79. The number of carbonyl (C=O) groups is 1. The molecule has 0 fully saturated rings. The second-order valence-corrected chi connectivity index (χ2v) is 8.54. The molecule has 0 saturated carbocycles. The maximum absolute atomic E-state index is 13.1. The first kappa shape index (κ1) is 20.6. The number of ether oxygens (including phenoxy) is 1. The van der Waals surface area contributed by atoms with Crippen LogP contribution in [0.15, 0.2) is 65.7 Å². The van der Waals surface area contributed by atoms with Crippen molar-refractivity contribution >= 4 is 55.7 Å². The molecule has 0 aliphatic rings. The second kappa shape index (κ2) is 7.89. The van der Waals surface area contributed by atoms with Crippen molar-refractivity contribution in [2.24, 2.45) is 0 Å². The minimum Gasteiger partial charge on any atom is -0.464 e. The van der Waals surface area contributed by atoms with Crippen LogP contribution in [0.2, 0.25) is 5.28 Å². The van der Waals surface area contributed by atoms with Crippen molar-refractivity contribution in [3.8, 4) is 0 Å². The molecule has 0 aliphatic heterocycles. The summed E-state index contributed by atoms with van der Waals surface area (Å²) in [6.45, 7) is 0. The molecule has 158 valence electrons. The van der Waals surface area contributed by atoms with Crippen molar-refractivity contribution in [3.63, 3.8) is 0 Å². The van der Waals surface area contributed by atoms with Crippen LogP contribution in [0.1, 0.15) is 10.5 Å². The molecule has 0 unspecified atom stereocenters. The number of fused-ring (bicyclic) bond motifs is 1. The molecule has 2 aromatic heterocycles. The molecule has 9 nitrogen and oxygen atoms in total. The van der Waals surface area contributed by atoms with Crippen molar-refractivity contribution in [1.82, 2.24) is 13.9 Å². The Morgan fingerprint density at radius 3 is 2.55 bits per heavy atom. The Balaban J connectivity index is 1.80. The van der Waals surface area contributed by atoms with E-state index in [0.717, 1.165) is 0 Å². The average Bonchev–Trinajstić information content (AvgIpc) is 3.22. The summed E-state index contributed by atoms with van der Waals surface area (Å²) in [6, 6.07) is 14.8. The highest BCUT2D eigenvalue weighted by atomic mass is 35.5. The zero-order valence-electron chi connectivity index (χ0n) is 16.1. The molecule has 0 bridgehead atoms. The largest absolute Gasteiger partial charge is 0.464 e. The topological polar surface area (TPSA) is 129 Å². The van der Waals surface area contributed by atoms with Crippen molar-refractivity contribution in [2.75, 3.05) is 18.2 Å². The molecule has 4 rings (SSSR count). The minimum absolute atomic E-state index is 0.0513. The van der Waals surface area contributed by atoms with E-state index >= 15 is 0 Å². The Hall–Kier alpha value is -3.63. The number of benzene rings is 2. The predicted octanol–water partition coefficient (Wildman–Crippen LogP) is 3.43. The van der Waals surface area contributed by atoms with Gasteiger partial charge in [0.1, 0.15) is 5.69 Å². The number of hydrogen-bond donors (Lipinski definition) is 2. The van der Waals surface area contributed by atoms with Gasteiger partial charge in [-0.05, 0) is 41.9 Å². The van der Waals surface area contributed by atoms with E-state index in [0.29, 0.717) is 16.6 Å². The molecule has 0 aliphatic carbocycles. The first-order valence-corrected chi connectivity index (χ1v) is 10.7. The highest BCUT2D eigenvalue weighted by molar-refractivity contribution is 7.90. The third-order valence-corrected chi connectivity index (χ3v) is 6.42. The molecule has 3 N–H and O–H groups in total. The Morgan fingerprint density at radius 2 is 1.84 bits per heavy atom. The van der Waals surface area contributed by atoms with Crippen LogP contribution < -0.4 is 11.1 Å². The van der Waals surface area contributed by atoms with Gasteiger partial charge < -0.3 is 15.8 Å². The van der Waals surface area contributed by atoms with Gasteiger partial charge in [0.05, 0.1) is 17.5 Å². The highest BCUT2D eigenvalue weighted by Gasteiger charge is 2.21. The number of nitrogen functional groups attached to an aromatic ring is 1. The lowest BCUT2D eigenvalue weighted by atomic mass is 10.2. The van der Waals surface area contributed by atoms with Crippen molar-refractivity contribution in [1.29, 1.82) is 0 Å². The quantitative estimate of drug-likeness (QED) is 0.344. The van der Waals surface area contributed by atoms with Gasteiger partial charge >= 0.3 is 5.97 Å². The van der Waals surface area contributed by atoms with Crippen LogP contribution in [0, 0.1) is 0 Å². The van der Waals surface area contributed by atoms with Crippen molar-refractivity contribution < 1.29 is 17.9 Å². The van der Waals surface area contributed by atoms with Crippen LogP contribution in [-0.4, -0.2) is 35.4 Å². The summed E-state index contributed by atoms with van der Waals surface area (Å²) in [7, 11) is -2.60. The van der Waals surface area contributed by atoms with E-state index in [2.05, 4.69) is 20.0 Å². The maximum atomic E-state index is 13.1. The summed E-state index contributed by atoms with van der Waals surface area (Å²) in [5, 5.41) is 3.40. The Kier molecular flexibility index (Phi) is 5.25. The number of rotatable bonds is 5. The zero-order chi connectivity index (χ0) is 22.2. The molecule has 4 aromatic rings. The number of nitrogens with zero attached hydrogens (tertiary/aromatic N) is 3. The Labute approximate surface area is 182 Å². The number of anilines is 3. The number of halogens is 1. The van der Waals surface area contributed by atoms with Crippen LogP contribution in [0.5, 0.6) is 0 Å². The summed E-state index contributed by atoms with van der Waals surface area (Å²) in [5.41, 5.74) is 6.75. The van der Waals surface area contributed by atoms with E-state index in [1.165, 1.54) is 29.4 Å². The molecule has 0 radical (unpaired) electrons. The molecule has 0 atom stereocenters. The fourth-order valence-electron chi connectivity index (χ4n) is 3.08. The Morgan fingerprint density at radius 1 is 1.10 bits per heavy atom. The second-order valence-electron chi connectivity index (χ2n) is 6.39. The van der Waals surface area contributed by atoms with Crippen LogP contribution in [-0.2, 0) is 14.8 Å². The van der Waals surface area contributed by atoms with Gasteiger partial charge in [-0.15, -0.1) is 0 Å². The number of hydrogen-bond acceptors (Lipinski definition) is 8. The first-order valence-electron chi connectivity index (χ1n) is 8.92. The van der Waals surface area contributed by atoms with E-state index in [-0.39, 0.29) is 27.4 Å². The molecule has 31 heavy (non-hydrogen) atoms. The van der Waals surface area contributed by atoms with Gasteiger partial charge in [0.15, 0.2) is 11.5 Å². The molecular formula is C20H16ClN5O4S. The van der Waals surface area contributed by atoms with Gasteiger partial charge in [0.25, 0.3) is 10.0 Å². The van der Waals surface area contributed by atoms with Gasteiger partial charge in [0.2, 0.25) is 5.28 Å². The summed E-state index contributed by atoms with van der Waals surface area (Å²) >= 11 is 5.93. The standard InChI is InChI=1S/C20H16ClN5O4S/c1-30-19(27)17-16(22)18(25-20(21)24-17)23-14-8-5-9-15-13(14)10-11-26(15)31(28,29)12-6-3-2-4-7-12/h2-11H,22H2,1H3,(H,23,24,25). The zero-order valence-corrected chi connectivity index (χ0v) is 17.7. The highest BCUT2D eigenvalue weighted by Crippen LogP contribution is 2.32. The number of methoxy groups -OCH3 is 1. The SMILES string of the molecule is COC(=O)c1nc(Cl)nc(Nc2cccc3c2ccn3S(=O)(=O)c2ccccc2)c1N. The molecule has 11 heteroatoms. The number of carbonyl (C=O) groups excluding carboxylic acids is 1. The fourth-order valence-corrected chi connectivity index (χ4v) is 4.62. The third-order valence-electron chi connectivity index (χ3n) is 4.55. The molecule has 0 saturated heterocycles. The number of nitrogens with one attached hydrogen (secondary N) is 1. The van der Waals surface area contributed by atoms with Crippen molar-refractivity contribution in [2.45, 2.75) is 4.90 Å². The molecular weight excluding hydrogens is 442 g/mol. The van der Waals surface area contributed by atoms with Crippen LogP contribution in [0.3, 0.4) is 0 Å². The van der Waals surface area contributed by atoms with E-state index < -0.39 is 16.0 Å². The van der Waals surface area contributed by atoms with Crippen LogP contribution in [0.25, 0.3) is 10.9 Å². The third kappa shape index (κ3) is 3.66. The number of aromatic nitrogens is 3. The molecule has 0 spiro atoms. The lowest BCUT2D eigenvalue weighted by Gasteiger charge is -2.12.